The van der Waals surface area contributed by atoms with Gasteiger partial charge in [-0.05, 0) is 12.8 Å². The fourth-order valence-corrected chi connectivity index (χ4v) is 1.62. The van der Waals surface area contributed by atoms with Crippen molar-refractivity contribution in [2.45, 2.75) is 12.8 Å². The van der Waals surface area contributed by atoms with Gasteiger partial charge in [-0.3, -0.25) is 0 Å². The second-order valence-electron chi connectivity index (χ2n) is 2.95. The van der Waals surface area contributed by atoms with Gasteiger partial charge in [-0.2, -0.15) is 0 Å². The van der Waals surface area contributed by atoms with Crippen LogP contribution < -0.4 is 0 Å². The van der Waals surface area contributed by atoms with E-state index in [4.69, 9.17) is 16.3 Å². The fourth-order valence-electron chi connectivity index (χ4n) is 1.32. The van der Waals surface area contributed by atoms with Crippen LogP contribution in [0, 0.1) is 5.41 Å². The van der Waals surface area contributed by atoms with Gasteiger partial charge in [0.25, 0.3) is 0 Å². The molecule has 0 fully saturated rings. The zero-order valence-corrected chi connectivity index (χ0v) is 7.03. The lowest BCUT2D eigenvalue weighted by atomic mass is 9.89. The summed E-state index contributed by atoms with van der Waals surface area (Å²) < 4.78 is 5.10. The summed E-state index contributed by atoms with van der Waals surface area (Å²) in [7, 11) is 1.73. The smallest absolute Gasteiger partial charge is 0.0536 e. The molecule has 0 atom stereocenters. The van der Waals surface area contributed by atoms with E-state index < -0.39 is 0 Å². The first-order valence-electron chi connectivity index (χ1n) is 3.53. The predicted molar refractivity (Wildman–Crippen MR) is 43.4 cm³/mol. The molecule has 1 aliphatic carbocycles. The Bertz CT molecular complexity index is 123. The molecule has 2 heteroatoms. The van der Waals surface area contributed by atoms with Crippen LogP contribution in [-0.4, -0.2) is 19.6 Å². The van der Waals surface area contributed by atoms with E-state index in [0.717, 1.165) is 19.4 Å². The SMILES string of the molecule is COCC1(CCl)CC=CC1. The summed E-state index contributed by atoms with van der Waals surface area (Å²) in [6, 6.07) is 0. The van der Waals surface area contributed by atoms with Crippen LogP contribution in [0.3, 0.4) is 0 Å². The van der Waals surface area contributed by atoms with Crippen molar-refractivity contribution in [1.82, 2.24) is 0 Å². The number of halogens is 1. The number of hydrogen-bond acceptors (Lipinski definition) is 1. The van der Waals surface area contributed by atoms with Crippen LogP contribution in [0.15, 0.2) is 12.2 Å². The molecule has 0 saturated carbocycles. The minimum absolute atomic E-state index is 0.219. The van der Waals surface area contributed by atoms with Crippen molar-refractivity contribution in [3.8, 4) is 0 Å². The van der Waals surface area contributed by atoms with E-state index in [2.05, 4.69) is 12.2 Å². The molecule has 1 rings (SSSR count). The highest BCUT2D eigenvalue weighted by Gasteiger charge is 2.29. The normalized spacial score (nSPS) is 21.8. The lowest BCUT2D eigenvalue weighted by Crippen LogP contribution is -2.24. The van der Waals surface area contributed by atoms with Gasteiger partial charge in [-0.25, -0.2) is 0 Å². The Labute approximate surface area is 67.0 Å². The third kappa shape index (κ3) is 1.53. The van der Waals surface area contributed by atoms with Crippen LogP contribution in [0.25, 0.3) is 0 Å². The van der Waals surface area contributed by atoms with Crippen LogP contribution >= 0.6 is 11.6 Å². The van der Waals surface area contributed by atoms with E-state index in [0.29, 0.717) is 5.88 Å². The second kappa shape index (κ2) is 3.40. The standard InChI is InChI=1S/C8H13ClO/c1-10-7-8(6-9)4-2-3-5-8/h2-3H,4-7H2,1H3. The fraction of sp³-hybridized carbons (Fsp3) is 0.750. The Balaban J connectivity index is 2.44. The van der Waals surface area contributed by atoms with Crippen molar-refractivity contribution in [3.63, 3.8) is 0 Å². The molecule has 0 N–H and O–H groups in total. The number of methoxy groups -OCH3 is 1. The van der Waals surface area contributed by atoms with Crippen molar-refractivity contribution in [2.75, 3.05) is 19.6 Å². The van der Waals surface area contributed by atoms with Crippen molar-refractivity contribution in [3.05, 3.63) is 12.2 Å². The largest absolute Gasteiger partial charge is 0.384 e. The maximum Gasteiger partial charge on any atom is 0.0536 e. The van der Waals surface area contributed by atoms with Gasteiger partial charge in [0.1, 0.15) is 0 Å². The van der Waals surface area contributed by atoms with Gasteiger partial charge in [0.05, 0.1) is 6.61 Å². The number of rotatable bonds is 3. The number of hydrogen-bond donors (Lipinski definition) is 0. The summed E-state index contributed by atoms with van der Waals surface area (Å²) in [6.07, 6.45) is 6.51. The van der Waals surface area contributed by atoms with Crippen molar-refractivity contribution < 1.29 is 4.74 Å². The van der Waals surface area contributed by atoms with Gasteiger partial charge in [0, 0.05) is 18.4 Å². The lowest BCUT2D eigenvalue weighted by Gasteiger charge is -2.24. The average molecular weight is 161 g/mol. The minimum atomic E-state index is 0.219. The first-order chi connectivity index (χ1) is 4.83. The Morgan fingerprint density at radius 1 is 1.50 bits per heavy atom. The first-order valence-corrected chi connectivity index (χ1v) is 4.06. The van der Waals surface area contributed by atoms with Crippen LogP contribution in [0.5, 0.6) is 0 Å². The summed E-state index contributed by atoms with van der Waals surface area (Å²) in [4.78, 5) is 0. The molecule has 0 aromatic heterocycles. The Morgan fingerprint density at radius 2 is 2.10 bits per heavy atom. The monoisotopic (exact) mass is 160 g/mol. The molecule has 0 aliphatic heterocycles. The summed E-state index contributed by atoms with van der Waals surface area (Å²) in [5, 5.41) is 0. The quantitative estimate of drug-likeness (QED) is 0.455. The molecule has 0 spiro atoms. The zero-order valence-electron chi connectivity index (χ0n) is 6.27. The maximum absolute atomic E-state index is 5.82. The van der Waals surface area contributed by atoms with Gasteiger partial charge in [-0.1, -0.05) is 12.2 Å². The Hall–Kier alpha value is -0.0100. The summed E-state index contributed by atoms with van der Waals surface area (Å²) >= 11 is 5.82. The molecule has 0 bridgehead atoms. The number of alkyl halides is 1. The van der Waals surface area contributed by atoms with Gasteiger partial charge in [-0.15, -0.1) is 11.6 Å². The molecule has 10 heavy (non-hydrogen) atoms. The van der Waals surface area contributed by atoms with Gasteiger partial charge in [0.15, 0.2) is 0 Å². The van der Waals surface area contributed by atoms with E-state index >= 15 is 0 Å². The van der Waals surface area contributed by atoms with Gasteiger partial charge in [0.2, 0.25) is 0 Å². The zero-order chi connectivity index (χ0) is 7.45. The molecular formula is C8H13ClO. The molecular weight excluding hydrogens is 148 g/mol. The summed E-state index contributed by atoms with van der Waals surface area (Å²) in [5.74, 6) is 0.702. The summed E-state index contributed by atoms with van der Waals surface area (Å²) in [6.45, 7) is 0.781. The Kier molecular flexibility index (Phi) is 2.75. The maximum atomic E-state index is 5.82. The van der Waals surface area contributed by atoms with Crippen LogP contribution in [-0.2, 0) is 4.74 Å². The second-order valence-corrected chi connectivity index (χ2v) is 3.21. The van der Waals surface area contributed by atoms with E-state index in [9.17, 15) is 0 Å². The molecule has 58 valence electrons. The van der Waals surface area contributed by atoms with E-state index in [-0.39, 0.29) is 5.41 Å². The molecule has 1 aliphatic rings. The first kappa shape index (κ1) is 8.09. The van der Waals surface area contributed by atoms with Gasteiger partial charge < -0.3 is 4.74 Å². The molecule has 0 heterocycles. The van der Waals surface area contributed by atoms with Crippen LogP contribution in [0.2, 0.25) is 0 Å². The number of allylic oxidation sites excluding steroid dienone is 2. The molecule has 0 saturated heterocycles. The number of ether oxygens (including phenoxy) is 1. The molecule has 0 aromatic carbocycles. The highest BCUT2D eigenvalue weighted by Crippen LogP contribution is 2.34. The molecule has 0 aromatic rings. The Morgan fingerprint density at radius 3 is 2.50 bits per heavy atom. The van der Waals surface area contributed by atoms with E-state index in [1.165, 1.54) is 0 Å². The predicted octanol–water partition coefficient (Wildman–Crippen LogP) is 2.21. The lowest BCUT2D eigenvalue weighted by molar-refractivity contribution is 0.103. The van der Waals surface area contributed by atoms with Crippen LogP contribution in [0.1, 0.15) is 12.8 Å². The average Bonchev–Trinajstić information content (AvgIpc) is 2.39. The van der Waals surface area contributed by atoms with E-state index in [1.54, 1.807) is 7.11 Å². The summed E-state index contributed by atoms with van der Waals surface area (Å²) in [5.41, 5.74) is 0.219. The van der Waals surface area contributed by atoms with Crippen molar-refractivity contribution >= 4 is 11.6 Å². The molecule has 0 radical (unpaired) electrons. The van der Waals surface area contributed by atoms with Crippen LogP contribution in [0.4, 0.5) is 0 Å². The minimum Gasteiger partial charge on any atom is -0.384 e. The van der Waals surface area contributed by atoms with E-state index in [1.807, 2.05) is 0 Å². The third-order valence-electron chi connectivity index (χ3n) is 2.00. The topological polar surface area (TPSA) is 9.23 Å². The highest BCUT2D eigenvalue weighted by atomic mass is 35.5. The van der Waals surface area contributed by atoms with Crippen molar-refractivity contribution in [2.24, 2.45) is 5.41 Å². The molecule has 0 amide bonds. The molecule has 0 unspecified atom stereocenters. The third-order valence-corrected chi connectivity index (χ3v) is 2.57. The highest BCUT2D eigenvalue weighted by molar-refractivity contribution is 6.18. The van der Waals surface area contributed by atoms with Gasteiger partial charge >= 0.3 is 0 Å². The molecule has 1 nitrogen and oxygen atoms in total. The van der Waals surface area contributed by atoms with Crippen molar-refractivity contribution in [1.29, 1.82) is 0 Å².